The molecule has 2 atom stereocenters. The second-order valence-corrected chi connectivity index (χ2v) is 13.8. The number of phenols is 1. The van der Waals surface area contributed by atoms with Crippen molar-refractivity contribution in [3.8, 4) is 11.5 Å². The van der Waals surface area contributed by atoms with Crippen molar-refractivity contribution in [1.82, 2.24) is 15.2 Å². The Kier molecular flexibility index (Phi) is 12.9. The Morgan fingerprint density at radius 2 is 1.62 bits per heavy atom. The van der Waals surface area contributed by atoms with Crippen LogP contribution in [0, 0.1) is 5.92 Å². The van der Waals surface area contributed by atoms with Gasteiger partial charge < -0.3 is 35.1 Å². The lowest BCUT2D eigenvalue weighted by molar-refractivity contribution is -0.164. The number of nitrogens with one attached hydrogen (secondary N) is 2. The van der Waals surface area contributed by atoms with Gasteiger partial charge in [-0.3, -0.25) is 9.69 Å². The maximum absolute atomic E-state index is 13.7. The highest BCUT2D eigenvalue weighted by atomic mass is 16.5. The minimum absolute atomic E-state index is 0.0400. The number of ether oxygens (including phenoxy) is 2. The van der Waals surface area contributed by atoms with Crippen LogP contribution in [-0.4, -0.2) is 70.6 Å². The number of aromatic amines is 1. The van der Waals surface area contributed by atoms with Gasteiger partial charge in [0.05, 0.1) is 24.8 Å². The standard InChI is InChI=1S/C43H49N3O7/c47-38-19-17-36(37-18-20-40(49)45-41(37)38)39(48)28-44-23-8-3-9-26-52-35-16-10-15-34(27-35)43(51,33-13-6-2-7-14-33)42(50)53-30-32-21-24-46(25-22-32)29-31-11-4-1-5-12-31/h1-2,4-7,10-20,27,32,39,44,47-48,51H,3,8-9,21-26,28-30H2,(H,45,49)/t39-,43+/m0/s1. The minimum Gasteiger partial charge on any atom is -0.506 e. The molecule has 1 aliphatic rings. The van der Waals surface area contributed by atoms with E-state index >= 15 is 0 Å². The van der Waals surface area contributed by atoms with Crippen LogP contribution < -0.4 is 15.6 Å². The van der Waals surface area contributed by atoms with E-state index in [2.05, 4.69) is 39.5 Å². The molecule has 0 radical (unpaired) electrons. The average Bonchev–Trinajstić information content (AvgIpc) is 3.19. The maximum Gasteiger partial charge on any atom is 0.347 e. The Morgan fingerprint density at radius 3 is 2.40 bits per heavy atom. The summed E-state index contributed by atoms with van der Waals surface area (Å²) in [6.45, 7) is 4.51. The molecular weight excluding hydrogens is 670 g/mol. The number of aliphatic hydroxyl groups is 2. The Balaban J connectivity index is 0.960. The van der Waals surface area contributed by atoms with Gasteiger partial charge in [0.15, 0.2) is 0 Å². The van der Waals surface area contributed by atoms with E-state index in [0.29, 0.717) is 53.0 Å². The summed E-state index contributed by atoms with van der Waals surface area (Å²) in [5.41, 5.74) is 0.742. The number of nitrogens with zero attached hydrogens (tertiary/aromatic N) is 1. The van der Waals surface area contributed by atoms with E-state index in [1.807, 2.05) is 18.2 Å². The molecule has 5 aromatic rings. The number of H-pyrrole nitrogens is 1. The SMILES string of the molecule is O=C(OCC1CCN(Cc2ccccc2)CC1)[C@@](O)(c1ccccc1)c1cccc(OCCCCCNC[C@H](O)c2ccc(O)c3[nH]c(=O)ccc23)c1. The highest BCUT2D eigenvalue weighted by molar-refractivity contribution is 5.87. The highest BCUT2D eigenvalue weighted by Crippen LogP contribution is 2.34. The number of fused-ring (bicyclic) bond motifs is 1. The number of rotatable bonds is 17. The molecule has 0 saturated carbocycles. The second kappa shape index (κ2) is 18.2. The molecule has 4 aromatic carbocycles. The van der Waals surface area contributed by atoms with Crippen molar-refractivity contribution in [2.24, 2.45) is 5.92 Å². The number of aromatic nitrogens is 1. The van der Waals surface area contributed by atoms with Gasteiger partial charge in [0, 0.05) is 30.1 Å². The molecule has 278 valence electrons. The first-order chi connectivity index (χ1) is 25.8. The molecule has 10 heteroatoms. The van der Waals surface area contributed by atoms with Gasteiger partial charge in [-0.05, 0) is 98.6 Å². The number of esters is 1. The van der Waals surface area contributed by atoms with Crippen molar-refractivity contribution in [2.75, 3.05) is 39.4 Å². The number of aromatic hydroxyl groups is 1. The van der Waals surface area contributed by atoms with Gasteiger partial charge in [0.2, 0.25) is 11.2 Å². The highest BCUT2D eigenvalue weighted by Gasteiger charge is 2.42. The van der Waals surface area contributed by atoms with Crippen molar-refractivity contribution < 1.29 is 29.6 Å². The summed E-state index contributed by atoms with van der Waals surface area (Å²) in [5, 5.41) is 36.8. The molecule has 1 aliphatic heterocycles. The van der Waals surface area contributed by atoms with E-state index < -0.39 is 17.7 Å². The van der Waals surface area contributed by atoms with Gasteiger partial charge in [-0.2, -0.15) is 0 Å². The van der Waals surface area contributed by atoms with Crippen LogP contribution in [0.25, 0.3) is 10.9 Å². The molecule has 0 unspecified atom stereocenters. The van der Waals surface area contributed by atoms with Crippen LogP contribution in [0.3, 0.4) is 0 Å². The fourth-order valence-electron chi connectivity index (χ4n) is 6.96. The second-order valence-electron chi connectivity index (χ2n) is 13.8. The topological polar surface area (TPSA) is 144 Å². The Morgan fingerprint density at radius 1 is 0.887 bits per heavy atom. The van der Waals surface area contributed by atoms with Crippen LogP contribution in [0.1, 0.15) is 60.5 Å². The van der Waals surface area contributed by atoms with Gasteiger partial charge in [0.1, 0.15) is 11.5 Å². The van der Waals surface area contributed by atoms with Crippen molar-refractivity contribution in [3.05, 3.63) is 142 Å². The van der Waals surface area contributed by atoms with Gasteiger partial charge in [-0.25, -0.2) is 4.79 Å². The summed E-state index contributed by atoms with van der Waals surface area (Å²) in [6.07, 6.45) is 3.58. The lowest BCUT2D eigenvalue weighted by Crippen LogP contribution is -2.40. The van der Waals surface area contributed by atoms with Crippen LogP contribution in [0.4, 0.5) is 0 Å². The first kappa shape index (κ1) is 37.7. The zero-order valence-electron chi connectivity index (χ0n) is 30.0. The molecule has 5 N–H and O–H groups in total. The van der Waals surface area contributed by atoms with E-state index in [4.69, 9.17) is 9.47 Å². The molecule has 1 saturated heterocycles. The van der Waals surface area contributed by atoms with Gasteiger partial charge in [0.25, 0.3) is 0 Å². The van der Waals surface area contributed by atoms with E-state index in [1.165, 1.54) is 17.7 Å². The molecule has 1 aromatic heterocycles. The predicted molar refractivity (Wildman–Crippen MR) is 205 cm³/mol. The minimum atomic E-state index is -1.99. The molecule has 53 heavy (non-hydrogen) atoms. The molecule has 0 bridgehead atoms. The van der Waals surface area contributed by atoms with E-state index in [9.17, 15) is 24.9 Å². The third-order valence-corrected chi connectivity index (χ3v) is 10.0. The summed E-state index contributed by atoms with van der Waals surface area (Å²) >= 11 is 0. The zero-order chi connectivity index (χ0) is 37.0. The summed E-state index contributed by atoms with van der Waals surface area (Å²) in [7, 11) is 0. The van der Waals surface area contributed by atoms with Crippen LogP contribution in [0.5, 0.6) is 11.5 Å². The number of piperidine rings is 1. The lowest BCUT2D eigenvalue weighted by atomic mass is 9.86. The number of unbranched alkanes of at least 4 members (excludes halogenated alkanes) is 2. The monoisotopic (exact) mass is 719 g/mol. The number of hydrogen-bond donors (Lipinski definition) is 5. The number of aliphatic hydroxyl groups excluding tert-OH is 1. The smallest absolute Gasteiger partial charge is 0.347 e. The van der Waals surface area contributed by atoms with Crippen LogP contribution in [0.15, 0.2) is 114 Å². The molecule has 0 amide bonds. The predicted octanol–water partition coefficient (Wildman–Crippen LogP) is 5.80. The third-order valence-electron chi connectivity index (χ3n) is 10.0. The normalized spacial score (nSPS) is 15.5. The number of phenolic OH excluding ortho intramolecular Hbond substituents is 1. The molecule has 6 rings (SSSR count). The molecule has 0 aliphatic carbocycles. The zero-order valence-corrected chi connectivity index (χ0v) is 30.0. The summed E-state index contributed by atoms with van der Waals surface area (Å²) in [4.78, 5) is 30.5. The third kappa shape index (κ3) is 9.71. The van der Waals surface area contributed by atoms with Crippen molar-refractivity contribution in [3.63, 3.8) is 0 Å². The van der Waals surface area contributed by atoms with Crippen molar-refractivity contribution in [1.29, 1.82) is 0 Å². The molecular formula is C43H49N3O7. The molecule has 0 spiro atoms. The number of pyridine rings is 1. The Hall–Kier alpha value is -5.00. The van der Waals surface area contributed by atoms with Crippen LogP contribution >= 0.6 is 0 Å². The first-order valence-corrected chi connectivity index (χ1v) is 18.5. The lowest BCUT2D eigenvalue weighted by Gasteiger charge is -2.33. The van der Waals surface area contributed by atoms with Crippen LogP contribution in [0.2, 0.25) is 0 Å². The number of hydrogen-bond acceptors (Lipinski definition) is 9. The Bertz CT molecular complexity index is 1980. The van der Waals surface area contributed by atoms with E-state index in [1.54, 1.807) is 54.6 Å². The quantitative estimate of drug-likeness (QED) is 0.0596. The largest absolute Gasteiger partial charge is 0.506 e. The van der Waals surface area contributed by atoms with Crippen LogP contribution in [-0.2, 0) is 21.7 Å². The fourth-order valence-corrected chi connectivity index (χ4v) is 6.96. The van der Waals surface area contributed by atoms with Gasteiger partial charge in [-0.1, -0.05) is 78.9 Å². The van der Waals surface area contributed by atoms with E-state index in [-0.39, 0.29) is 23.8 Å². The number of carbonyl (C=O) groups excluding carboxylic acids is 1. The number of likely N-dealkylation sites (tertiary alicyclic amines) is 1. The maximum atomic E-state index is 13.7. The van der Waals surface area contributed by atoms with E-state index in [0.717, 1.165) is 51.7 Å². The summed E-state index contributed by atoms with van der Waals surface area (Å²) in [5.74, 6) is 0.0492. The van der Waals surface area contributed by atoms with Gasteiger partial charge >= 0.3 is 5.97 Å². The van der Waals surface area contributed by atoms with Crippen molar-refractivity contribution >= 4 is 16.9 Å². The summed E-state index contributed by atoms with van der Waals surface area (Å²) in [6, 6.07) is 32.5. The summed E-state index contributed by atoms with van der Waals surface area (Å²) < 4.78 is 11.9. The molecule has 2 heterocycles. The number of benzene rings is 4. The number of carbonyl (C=O) groups is 1. The molecule has 10 nitrogen and oxygen atoms in total. The van der Waals surface area contributed by atoms with Crippen molar-refractivity contribution in [2.45, 2.75) is 50.4 Å². The Labute approximate surface area is 310 Å². The first-order valence-electron chi connectivity index (χ1n) is 18.5. The van der Waals surface area contributed by atoms with Gasteiger partial charge in [-0.15, -0.1) is 0 Å². The average molecular weight is 720 g/mol. The molecule has 1 fully saturated rings. The fraction of sp³-hybridized carbons (Fsp3) is 0.349.